The van der Waals surface area contributed by atoms with Crippen LogP contribution in [0.2, 0.25) is 0 Å². The molecule has 0 aliphatic carbocycles. The first-order valence-corrected chi connectivity index (χ1v) is 37.2. The molecular weight excluding hydrogens is 1550 g/mol. The molecule has 0 spiro atoms. The molecule has 0 saturated carbocycles. The maximum absolute atomic E-state index is 14.2. The summed E-state index contributed by atoms with van der Waals surface area (Å²) >= 11 is 0. The van der Waals surface area contributed by atoms with Gasteiger partial charge in [0.15, 0.2) is 29.1 Å². The highest BCUT2D eigenvalue weighted by atomic mass is 19.4. The van der Waals surface area contributed by atoms with Crippen LogP contribution < -0.4 is 34.7 Å². The molecule has 5 heterocycles. The van der Waals surface area contributed by atoms with Gasteiger partial charge in [0.2, 0.25) is 0 Å². The predicted molar refractivity (Wildman–Crippen MR) is 403 cm³/mol. The second-order valence-corrected chi connectivity index (χ2v) is 29.8. The molecule has 5 saturated heterocycles. The Kier molecular flexibility index (Phi) is 33.4. The van der Waals surface area contributed by atoms with Crippen molar-refractivity contribution >= 4 is 34.1 Å². The lowest BCUT2D eigenvalue weighted by molar-refractivity contribution is -0.140. The van der Waals surface area contributed by atoms with Crippen molar-refractivity contribution in [2.45, 2.75) is 130 Å². The molecule has 0 radical (unpaired) electrons. The lowest BCUT2D eigenvalue weighted by Gasteiger charge is -2.36. The third-order valence-electron chi connectivity index (χ3n) is 19.9. The van der Waals surface area contributed by atoms with E-state index in [-0.39, 0.29) is 28.4 Å². The number of anilines is 6. The summed E-state index contributed by atoms with van der Waals surface area (Å²) < 4.78 is 300. The van der Waals surface area contributed by atoms with Gasteiger partial charge in [-0.1, -0.05) is 20.3 Å². The Labute approximate surface area is 652 Å². The summed E-state index contributed by atoms with van der Waals surface area (Å²) in [5.41, 5.74) is -2.88. The fourth-order valence-electron chi connectivity index (χ4n) is 13.6. The Hall–Kier alpha value is -7.69. The molecule has 6 aromatic rings. The third kappa shape index (κ3) is 26.9. The van der Waals surface area contributed by atoms with Crippen LogP contribution in [-0.2, 0) is 37.1 Å². The van der Waals surface area contributed by atoms with Gasteiger partial charge in [0.1, 0.15) is 0 Å². The number of alkyl halides is 18. The number of hydrogen-bond acceptors (Lipinski definition) is 11. The van der Waals surface area contributed by atoms with Crippen LogP contribution >= 0.6 is 0 Å². The fourth-order valence-corrected chi connectivity index (χ4v) is 13.6. The first-order valence-electron chi connectivity index (χ1n) is 37.2. The predicted octanol–water partition coefficient (Wildman–Crippen LogP) is 19.6. The van der Waals surface area contributed by atoms with Gasteiger partial charge in [0, 0.05) is 137 Å². The van der Waals surface area contributed by atoms with Gasteiger partial charge < -0.3 is 54.3 Å². The summed E-state index contributed by atoms with van der Waals surface area (Å²) in [5.74, 6) is -5.88. The van der Waals surface area contributed by atoms with Crippen molar-refractivity contribution in [2.24, 2.45) is 0 Å². The van der Waals surface area contributed by atoms with Crippen LogP contribution in [0.5, 0.6) is 0 Å². The summed E-state index contributed by atoms with van der Waals surface area (Å²) in [6, 6.07) is 16.7. The van der Waals surface area contributed by atoms with E-state index in [4.69, 9.17) is 0 Å². The monoisotopic (exact) mass is 1650 g/mol. The lowest BCUT2D eigenvalue weighted by atomic mass is 10.1. The Bertz CT molecular complexity index is 4080. The molecule has 0 aromatic heterocycles. The number of fused-ring (bicyclic) bond motifs is 2. The minimum atomic E-state index is -4.67. The van der Waals surface area contributed by atoms with Crippen molar-refractivity contribution in [3.8, 4) is 0 Å². The minimum Gasteiger partial charge on any atom is -0.372 e. The SMILES string of the molecule is CCCCN(C)c1cc(C)cc(C(F)(F)F)c1F.CCN1CCN(c2cc(C)cc(C(F)(F)F)c2F)CC1.Cc1cc(N(C)CCN(C)C)c(F)c(C(F)(F)F)c1.Cc1cc(N2CC3CC2CN3)cc(C(F)(F)F)c1.Cc1cc(N2CCCN(C)CC2)c(F)c(C(F)(F)F)c1.Cc1cc(N2CCN(C)CC2)c(F)c(C(F)(F)F)c1. The largest absolute Gasteiger partial charge is 0.419 e. The number of nitrogens with zero attached hydrogens (tertiary/aromatic N) is 10. The molecule has 11 nitrogen and oxygen atoms in total. The number of unbranched alkanes of at least 4 members (excludes halogenated alkanes) is 1. The molecule has 34 heteroatoms. The Morgan fingerprint density at radius 1 is 0.386 bits per heavy atom. The van der Waals surface area contributed by atoms with Crippen LogP contribution in [0.1, 0.15) is 106 Å². The normalized spacial score (nSPS) is 17.4. The van der Waals surface area contributed by atoms with Crippen molar-refractivity contribution in [2.75, 3.05) is 189 Å². The standard InChI is InChI=1S/2C14H18F4N2.C13H16F4N2.C13H18F4N2.C13H17F4N.C13H15F3N2/c1-10-8-11(14(16,17)18)13(15)12(9-10)20-5-3-4-19(2)6-7-20;1-3-19-4-6-20(7-5-19)12-9-10(2)8-11(13(12)15)14(16,17)18;1-9-7-10(13(15,16)17)12(14)11(8-9)19-5-3-18(2)4-6-19;1-9-7-10(13(15,16)17)12(14)11(8-9)19(4)6-5-18(2)3;1-4-5-6-18(3)11-8-9(2)7-10(12(11)14)13(15,16)17;1-8-2-9(13(14,15)16)4-11(3-8)18-7-10-5-12(18)6-17-10/h2*8-9H,3-7H2,1-2H3;7-8H,3-6H2,1-2H3;7-8H,5-6H2,1-4H3;7-8H,4-6H2,1-3H3;2-4,10,12,17H,5-7H2,1H3. The molecule has 2 unspecified atom stereocenters. The summed E-state index contributed by atoms with van der Waals surface area (Å²) in [6.07, 6.45) is -24.0. The van der Waals surface area contributed by atoms with Crippen LogP contribution in [0.15, 0.2) is 78.9 Å². The van der Waals surface area contributed by atoms with Crippen LogP contribution in [0.3, 0.4) is 0 Å². The van der Waals surface area contributed by atoms with Gasteiger partial charge in [-0.3, -0.25) is 0 Å². The molecular formula is C80H102F23N11. The number of halogens is 23. The van der Waals surface area contributed by atoms with Gasteiger partial charge in [0.05, 0.1) is 61.8 Å². The first-order chi connectivity index (χ1) is 52.7. The van der Waals surface area contributed by atoms with Crippen molar-refractivity contribution in [3.63, 3.8) is 0 Å². The maximum atomic E-state index is 14.2. The minimum absolute atomic E-state index is 0.00998. The van der Waals surface area contributed by atoms with Gasteiger partial charge >= 0.3 is 37.1 Å². The zero-order chi connectivity index (χ0) is 85.7. The third-order valence-corrected chi connectivity index (χ3v) is 19.9. The van der Waals surface area contributed by atoms with Crippen LogP contribution in [-0.4, -0.2) is 192 Å². The number of aryl methyl sites for hydroxylation is 6. The number of rotatable bonds is 13. The Balaban J connectivity index is 0.000000213. The van der Waals surface area contributed by atoms with E-state index in [1.807, 2.05) is 53.0 Å². The Morgan fingerprint density at radius 3 is 1.08 bits per heavy atom. The first kappa shape index (κ1) is 95.2. The van der Waals surface area contributed by atoms with E-state index in [1.165, 1.54) is 66.1 Å². The van der Waals surface area contributed by atoms with Crippen LogP contribution in [0, 0.1) is 70.6 Å². The maximum Gasteiger partial charge on any atom is 0.419 e. The molecule has 114 heavy (non-hydrogen) atoms. The average Bonchev–Trinajstić information content (AvgIpc) is 1.55. The highest BCUT2D eigenvalue weighted by Crippen LogP contribution is 2.43. The number of likely N-dealkylation sites (N-methyl/N-ethyl adjacent to an activating group) is 5. The zero-order valence-electron chi connectivity index (χ0n) is 66.4. The Morgan fingerprint density at radius 2 is 0.737 bits per heavy atom. The fraction of sp³-hybridized carbons (Fsp3) is 0.550. The van der Waals surface area contributed by atoms with E-state index in [1.54, 1.807) is 56.5 Å². The van der Waals surface area contributed by atoms with Crippen LogP contribution in [0.4, 0.5) is 135 Å². The molecule has 2 atom stereocenters. The average molecular weight is 1650 g/mol. The second-order valence-electron chi connectivity index (χ2n) is 29.8. The van der Waals surface area contributed by atoms with Crippen molar-refractivity contribution in [3.05, 3.63) is 175 Å². The molecule has 2 bridgehead atoms. The smallest absolute Gasteiger partial charge is 0.372 e. The molecule has 638 valence electrons. The van der Waals surface area contributed by atoms with E-state index in [2.05, 4.69) is 24.9 Å². The van der Waals surface area contributed by atoms with Gasteiger partial charge in [-0.2, -0.15) is 79.0 Å². The van der Waals surface area contributed by atoms with E-state index in [0.717, 1.165) is 95.3 Å². The molecule has 5 aliphatic heterocycles. The second kappa shape index (κ2) is 40.0. The molecule has 5 fully saturated rings. The molecule has 1 N–H and O–H groups in total. The number of nitrogens with one attached hydrogen (secondary N) is 1. The molecule has 5 aliphatic rings. The highest BCUT2D eigenvalue weighted by Gasteiger charge is 2.43. The van der Waals surface area contributed by atoms with E-state index < -0.39 is 99.5 Å². The number of piperazine rings is 3. The molecule has 6 aromatic carbocycles. The van der Waals surface area contributed by atoms with Crippen molar-refractivity contribution < 1.29 is 101 Å². The van der Waals surface area contributed by atoms with E-state index in [0.29, 0.717) is 130 Å². The summed E-state index contributed by atoms with van der Waals surface area (Å²) in [7, 11) is 10.8. The van der Waals surface area contributed by atoms with E-state index in [9.17, 15) is 101 Å². The zero-order valence-corrected chi connectivity index (χ0v) is 66.4. The van der Waals surface area contributed by atoms with Gasteiger partial charge in [-0.05, 0) is 214 Å². The summed E-state index contributed by atoms with van der Waals surface area (Å²) in [6.45, 7) is 25.4. The van der Waals surface area contributed by atoms with Crippen molar-refractivity contribution in [1.29, 1.82) is 0 Å². The molecule has 11 rings (SSSR count). The topological polar surface area (TPSA) is 44.4 Å². The van der Waals surface area contributed by atoms with Gasteiger partial charge in [-0.15, -0.1) is 0 Å². The van der Waals surface area contributed by atoms with E-state index >= 15 is 0 Å². The number of hydrogen-bond donors (Lipinski definition) is 1. The molecule has 0 amide bonds. The quantitative estimate of drug-likeness (QED) is 0.113. The summed E-state index contributed by atoms with van der Waals surface area (Å²) in [5, 5.41) is 3.35. The van der Waals surface area contributed by atoms with Gasteiger partial charge in [0.25, 0.3) is 0 Å². The number of benzene rings is 6. The summed E-state index contributed by atoms with van der Waals surface area (Å²) in [4.78, 5) is 18.4. The van der Waals surface area contributed by atoms with Crippen molar-refractivity contribution in [1.82, 2.24) is 24.9 Å². The van der Waals surface area contributed by atoms with Gasteiger partial charge in [-0.25, -0.2) is 22.0 Å². The highest BCUT2D eigenvalue weighted by molar-refractivity contribution is 5.59. The van der Waals surface area contributed by atoms with Crippen LogP contribution in [0.25, 0.3) is 0 Å². The lowest BCUT2D eigenvalue weighted by Crippen LogP contribution is -2.46.